The average Bonchev–Trinajstić information content (AvgIpc) is 2.40. The largest absolute Gasteiger partial charge is 1.00 e. The fourth-order valence-corrected chi connectivity index (χ4v) is 2.16. The average molecular weight is 401 g/mol. The van der Waals surface area contributed by atoms with Gasteiger partial charge in [0.1, 0.15) is 5.75 Å². The molecule has 106 valence electrons. The van der Waals surface area contributed by atoms with Crippen LogP contribution in [-0.2, 0) is 6.54 Å². The zero-order valence-corrected chi connectivity index (χ0v) is 14.2. The van der Waals surface area contributed by atoms with Gasteiger partial charge in [-0.1, -0.05) is 0 Å². The van der Waals surface area contributed by atoms with E-state index >= 15 is 0 Å². The first-order valence-electron chi connectivity index (χ1n) is 6.09. The molecule has 0 bridgehead atoms. The second-order valence-corrected chi connectivity index (χ2v) is 4.99. The minimum absolute atomic E-state index is 0. The number of rotatable bonds is 5. The maximum Gasteiger partial charge on any atom is 0.227 e. The highest BCUT2D eigenvalue weighted by Crippen LogP contribution is 2.12. The van der Waals surface area contributed by atoms with Gasteiger partial charge < -0.3 is 21.7 Å². The van der Waals surface area contributed by atoms with Crippen LogP contribution in [0.25, 0.3) is 0 Å². The number of hydrogen-bond acceptors (Lipinski definition) is 2. The molecule has 0 saturated carbocycles. The number of halogens is 2. The van der Waals surface area contributed by atoms with Crippen molar-refractivity contribution in [2.24, 2.45) is 0 Å². The number of carbonyl (C=O) groups excluding carboxylic acids is 1. The molecule has 0 fully saturated rings. The molecular formula is C15H15Br2NO2. The van der Waals surface area contributed by atoms with Gasteiger partial charge in [0.25, 0.3) is 0 Å². The normalized spacial score (nSPS) is 9.70. The Bertz CT molecular complexity index is 570. The van der Waals surface area contributed by atoms with Gasteiger partial charge in [-0.05, 0) is 53.2 Å². The van der Waals surface area contributed by atoms with Crippen molar-refractivity contribution in [2.45, 2.75) is 13.5 Å². The van der Waals surface area contributed by atoms with Crippen molar-refractivity contribution in [1.29, 1.82) is 0 Å². The van der Waals surface area contributed by atoms with E-state index in [4.69, 9.17) is 4.74 Å². The van der Waals surface area contributed by atoms with Crippen LogP contribution in [0.3, 0.4) is 0 Å². The van der Waals surface area contributed by atoms with E-state index in [2.05, 4.69) is 15.9 Å². The molecule has 1 aromatic heterocycles. The molecule has 1 heterocycles. The summed E-state index contributed by atoms with van der Waals surface area (Å²) >= 11 is 3.39. The Hall–Kier alpha value is -1.20. The number of benzene rings is 1. The van der Waals surface area contributed by atoms with E-state index in [-0.39, 0.29) is 22.8 Å². The quantitative estimate of drug-likeness (QED) is 0.523. The van der Waals surface area contributed by atoms with Gasteiger partial charge in [-0.15, -0.1) is 0 Å². The second kappa shape index (κ2) is 8.17. The number of carbonyl (C=O) groups is 1. The number of ketones is 1. The number of nitrogens with zero attached hydrogens (tertiary/aromatic N) is 1. The first-order chi connectivity index (χ1) is 9.19. The van der Waals surface area contributed by atoms with Gasteiger partial charge in [-0.25, -0.2) is 0 Å². The van der Waals surface area contributed by atoms with Crippen molar-refractivity contribution >= 4 is 21.7 Å². The highest BCUT2D eigenvalue weighted by molar-refractivity contribution is 9.10. The second-order valence-electron chi connectivity index (χ2n) is 4.08. The van der Waals surface area contributed by atoms with E-state index in [1.807, 2.05) is 48.1 Å². The molecule has 0 aliphatic rings. The van der Waals surface area contributed by atoms with Crippen LogP contribution in [0.1, 0.15) is 17.3 Å². The molecule has 2 aromatic rings. The SMILES string of the molecule is CCOc1ccc(C(=O)C[n+]2cccc(Br)c2)cc1.[Br-]. The molecule has 5 heteroatoms. The molecule has 0 aliphatic carbocycles. The lowest BCUT2D eigenvalue weighted by molar-refractivity contribution is -0.683. The van der Waals surface area contributed by atoms with Crippen molar-refractivity contribution in [2.75, 3.05) is 6.61 Å². The summed E-state index contributed by atoms with van der Waals surface area (Å²) in [5, 5.41) is 0. The third kappa shape index (κ3) is 4.72. The van der Waals surface area contributed by atoms with Crippen molar-refractivity contribution in [3.05, 3.63) is 58.8 Å². The summed E-state index contributed by atoms with van der Waals surface area (Å²) in [4.78, 5) is 12.1. The van der Waals surface area contributed by atoms with Gasteiger partial charge in [0, 0.05) is 11.6 Å². The Labute approximate surface area is 137 Å². The number of pyridine rings is 1. The monoisotopic (exact) mass is 399 g/mol. The van der Waals surface area contributed by atoms with E-state index in [0.717, 1.165) is 10.2 Å². The highest BCUT2D eigenvalue weighted by atomic mass is 79.9. The number of Topliss-reactive ketones (excluding diaryl/α,β-unsaturated/α-hetero) is 1. The lowest BCUT2D eigenvalue weighted by Crippen LogP contribution is -3.00. The molecule has 0 unspecified atom stereocenters. The van der Waals surface area contributed by atoms with Crippen LogP contribution in [0, 0.1) is 0 Å². The van der Waals surface area contributed by atoms with E-state index in [0.29, 0.717) is 18.7 Å². The molecule has 0 radical (unpaired) electrons. The molecule has 0 spiro atoms. The summed E-state index contributed by atoms with van der Waals surface area (Å²) in [5.41, 5.74) is 0.691. The van der Waals surface area contributed by atoms with Crippen LogP contribution in [0.5, 0.6) is 5.75 Å². The van der Waals surface area contributed by atoms with E-state index in [1.54, 1.807) is 12.1 Å². The van der Waals surface area contributed by atoms with Crippen LogP contribution in [0.15, 0.2) is 53.3 Å². The fourth-order valence-electron chi connectivity index (χ4n) is 1.75. The van der Waals surface area contributed by atoms with Gasteiger partial charge in [0.2, 0.25) is 12.3 Å². The molecule has 3 nitrogen and oxygen atoms in total. The van der Waals surface area contributed by atoms with Crippen LogP contribution >= 0.6 is 15.9 Å². The Balaban J connectivity index is 0.00000200. The van der Waals surface area contributed by atoms with Gasteiger partial charge in [0.15, 0.2) is 12.4 Å². The van der Waals surface area contributed by atoms with Crippen LogP contribution in [-0.4, -0.2) is 12.4 Å². The summed E-state index contributed by atoms with van der Waals surface area (Å²) in [6, 6.07) is 11.1. The van der Waals surface area contributed by atoms with Gasteiger partial charge in [-0.2, -0.15) is 4.57 Å². The topological polar surface area (TPSA) is 30.2 Å². The number of hydrogen-bond donors (Lipinski definition) is 0. The molecule has 0 atom stereocenters. The Morgan fingerprint density at radius 2 is 1.95 bits per heavy atom. The maximum absolute atomic E-state index is 12.1. The zero-order valence-electron chi connectivity index (χ0n) is 11.1. The van der Waals surface area contributed by atoms with Crippen LogP contribution in [0.4, 0.5) is 0 Å². The minimum atomic E-state index is 0. The summed E-state index contributed by atoms with van der Waals surface area (Å²) < 4.78 is 8.16. The van der Waals surface area contributed by atoms with Crippen molar-refractivity contribution in [1.82, 2.24) is 0 Å². The maximum atomic E-state index is 12.1. The smallest absolute Gasteiger partial charge is 0.227 e. The Morgan fingerprint density at radius 1 is 1.25 bits per heavy atom. The van der Waals surface area contributed by atoms with Crippen LogP contribution in [0.2, 0.25) is 0 Å². The predicted molar refractivity (Wildman–Crippen MR) is 76.3 cm³/mol. The third-order valence-electron chi connectivity index (χ3n) is 2.64. The predicted octanol–water partition coefficient (Wildman–Crippen LogP) is 0.0222. The lowest BCUT2D eigenvalue weighted by Gasteiger charge is -2.03. The molecule has 0 N–H and O–H groups in total. The summed E-state index contributed by atoms with van der Waals surface area (Å²) in [5.74, 6) is 0.861. The minimum Gasteiger partial charge on any atom is -1.00 e. The number of aromatic nitrogens is 1. The van der Waals surface area contributed by atoms with Crippen molar-refractivity contribution in [3.8, 4) is 5.75 Å². The Kier molecular flexibility index (Phi) is 6.88. The lowest BCUT2D eigenvalue weighted by atomic mass is 10.1. The summed E-state index contributed by atoms with van der Waals surface area (Å²) in [6.45, 7) is 2.89. The molecule has 20 heavy (non-hydrogen) atoms. The molecule has 0 aliphatic heterocycles. The van der Waals surface area contributed by atoms with Crippen molar-refractivity contribution < 1.29 is 31.1 Å². The van der Waals surface area contributed by atoms with Gasteiger partial charge in [-0.3, -0.25) is 4.79 Å². The molecular weight excluding hydrogens is 386 g/mol. The van der Waals surface area contributed by atoms with E-state index in [9.17, 15) is 4.79 Å². The first-order valence-corrected chi connectivity index (χ1v) is 6.89. The third-order valence-corrected chi connectivity index (χ3v) is 3.10. The first kappa shape index (κ1) is 16.9. The molecule has 0 saturated heterocycles. The summed E-state index contributed by atoms with van der Waals surface area (Å²) in [7, 11) is 0. The zero-order chi connectivity index (χ0) is 13.7. The van der Waals surface area contributed by atoms with Crippen molar-refractivity contribution in [3.63, 3.8) is 0 Å². The summed E-state index contributed by atoms with van der Waals surface area (Å²) in [6.07, 6.45) is 3.75. The van der Waals surface area contributed by atoms with Gasteiger partial charge >= 0.3 is 0 Å². The van der Waals surface area contributed by atoms with Gasteiger partial charge in [0.05, 0.1) is 11.1 Å². The Morgan fingerprint density at radius 3 is 2.55 bits per heavy atom. The standard InChI is InChI=1S/C15H15BrNO2.BrH/c1-2-19-14-7-5-12(6-8-14)15(18)11-17-9-3-4-13(16)10-17;/h3-10H,2,11H2,1H3;1H/q+1;/p-1. The number of ether oxygens (including phenoxy) is 1. The highest BCUT2D eigenvalue weighted by Gasteiger charge is 2.12. The molecule has 2 rings (SSSR count). The van der Waals surface area contributed by atoms with Crippen LogP contribution < -0.4 is 26.3 Å². The molecule has 1 aromatic carbocycles. The fraction of sp³-hybridized carbons (Fsp3) is 0.200. The van der Waals surface area contributed by atoms with E-state index in [1.165, 1.54) is 0 Å². The molecule has 0 amide bonds. The van der Waals surface area contributed by atoms with E-state index < -0.39 is 0 Å².